The molecule has 16 heavy (non-hydrogen) atoms. The van der Waals surface area contributed by atoms with Crippen molar-refractivity contribution in [2.24, 2.45) is 0 Å². The van der Waals surface area contributed by atoms with Gasteiger partial charge in [0, 0.05) is 12.0 Å². The number of unbranched alkanes of at least 4 members (excludes halogenated alkanes) is 4. The molecule has 1 aromatic rings. The number of hydrogen-bond donors (Lipinski definition) is 0. The number of hydrogen-bond acceptors (Lipinski definition) is 0. The van der Waals surface area contributed by atoms with Gasteiger partial charge in [0.2, 0.25) is 0 Å². The molecule has 0 saturated heterocycles. The Hall–Kier alpha value is -1.22. The summed E-state index contributed by atoms with van der Waals surface area (Å²) < 4.78 is 0. The Morgan fingerprint density at radius 3 is 2.56 bits per heavy atom. The second-order valence-corrected chi connectivity index (χ2v) is 4.43. The molecular formula is C16H22. The summed E-state index contributed by atoms with van der Waals surface area (Å²) in [6.45, 7) is 6.49. The predicted molar refractivity (Wildman–Crippen MR) is 71.6 cm³/mol. The average molecular weight is 214 g/mol. The van der Waals surface area contributed by atoms with Crippen LogP contribution >= 0.6 is 0 Å². The largest absolute Gasteiger partial charge is 0.0979 e. The molecule has 0 aliphatic heterocycles. The Bertz CT molecular complexity index is 377. The molecule has 1 aromatic carbocycles. The Balaban J connectivity index is 2.44. The minimum absolute atomic E-state index is 1.04. The highest BCUT2D eigenvalue weighted by Gasteiger charge is 1.93. The standard InChI is InChI=1S/C16H22/c1-4-5-6-7-8-9-10-16-12-11-14(2)13-15(16)3/h11-13H,4-8H2,1-3H3. The van der Waals surface area contributed by atoms with Gasteiger partial charge in [0.25, 0.3) is 0 Å². The zero-order chi connectivity index (χ0) is 11.8. The smallest absolute Gasteiger partial charge is 0.0274 e. The second kappa shape index (κ2) is 7.12. The van der Waals surface area contributed by atoms with E-state index in [0.717, 1.165) is 6.42 Å². The fraction of sp³-hybridized carbons (Fsp3) is 0.500. The first-order valence-corrected chi connectivity index (χ1v) is 6.30. The Morgan fingerprint density at radius 1 is 1.06 bits per heavy atom. The molecular weight excluding hydrogens is 192 g/mol. The fourth-order valence-electron chi connectivity index (χ4n) is 1.75. The molecule has 0 saturated carbocycles. The molecule has 0 radical (unpaired) electrons. The van der Waals surface area contributed by atoms with Crippen LogP contribution in [-0.4, -0.2) is 0 Å². The summed E-state index contributed by atoms with van der Waals surface area (Å²) in [6, 6.07) is 6.46. The highest BCUT2D eigenvalue weighted by atomic mass is 14.0. The minimum Gasteiger partial charge on any atom is -0.0979 e. The van der Waals surface area contributed by atoms with Crippen LogP contribution < -0.4 is 0 Å². The molecule has 0 spiro atoms. The normalized spacial score (nSPS) is 9.69. The van der Waals surface area contributed by atoms with Crippen LogP contribution in [0.25, 0.3) is 0 Å². The van der Waals surface area contributed by atoms with E-state index < -0.39 is 0 Å². The molecule has 0 N–H and O–H groups in total. The molecule has 0 aliphatic rings. The summed E-state index contributed by atoms with van der Waals surface area (Å²) in [5, 5.41) is 0. The van der Waals surface area contributed by atoms with Gasteiger partial charge in [-0.15, -0.1) is 0 Å². The zero-order valence-electron chi connectivity index (χ0n) is 10.8. The van der Waals surface area contributed by atoms with E-state index in [0.29, 0.717) is 0 Å². The van der Waals surface area contributed by atoms with Crippen LogP contribution in [-0.2, 0) is 0 Å². The molecule has 0 heteroatoms. The molecule has 1 rings (SSSR count). The van der Waals surface area contributed by atoms with Crippen LogP contribution in [0.5, 0.6) is 0 Å². The van der Waals surface area contributed by atoms with Gasteiger partial charge in [0.15, 0.2) is 0 Å². The van der Waals surface area contributed by atoms with Gasteiger partial charge >= 0.3 is 0 Å². The topological polar surface area (TPSA) is 0 Å². The Kier molecular flexibility index (Phi) is 5.72. The lowest BCUT2D eigenvalue weighted by Gasteiger charge is -1.99. The number of aryl methyl sites for hydroxylation is 2. The van der Waals surface area contributed by atoms with Crippen molar-refractivity contribution in [3.8, 4) is 11.8 Å². The van der Waals surface area contributed by atoms with Gasteiger partial charge in [-0.3, -0.25) is 0 Å². The highest BCUT2D eigenvalue weighted by Crippen LogP contribution is 2.09. The maximum atomic E-state index is 3.27. The molecule has 0 nitrogen and oxygen atoms in total. The summed E-state index contributed by atoms with van der Waals surface area (Å²) in [6.07, 6.45) is 6.23. The number of benzene rings is 1. The van der Waals surface area contributed by atoms with Crippen molar-refractivity contribution in [2.75, 3.05) is 0 Å². The van der Waals surface area contributed by atoms with Crippen LogP contribution in [0.2, 0.25) is 0 Å². The van der Waals surface area contributed by atoms with Gasteiger partial charge in [-0.2, -0.15) is 0 Å². The molecule has 0 aromatic heterocycles. The van der Waals surface area contributed by atoms with Crippen molar-refractivity contribution < 1.29 is 0 Å². The van der Waals surface area contributed by atoms with Gasteiger partial charge in [0.1, 0.15) is 0 Å². The molecule has 0 amide bonds. The van der Waals surface area contributed by atoms with Crippen molar-refractivity contribution >= 4 is 0 Å². The average Bonchev–Trinajstić information content (AvgIpc) is 2.26. The van der Waals surface area contributed by atoms with Crippen LogP contribution in [0.15, 0.2) is 18.2 Å². The van der Waals surface area contributed by atoms with E-state index in [2.05, 4.69) is 50.8 Å². The fourth-order valence-corrected chi connectivity index (χ4v) is 1.75. The molecule has 0 aliphatic carbocycles. The Morgan fingerprint density at radius 2 is 1.88 bits per heavy atom. The molecule has 0 atom stereocenters. The van der Waals surface area contributed by atoms with Crippen molar-refractivity contribution in [3.63, 3.8) is 0 Å². The van der Waals surface area contributed by atoms with E-state index in [1.807, 2.05) is 0 Å². The SMILES string of the molecule is CCCCCCC#Cc1ccc(C)cc1C. The zero-order valence-corrected chi connectivity index (χ0v) is 10.8. The first kappa shape index (κ1) is 12.8. The van der Waals surface area contributed by atoms with E-state index in [1.54, 1.807) is 0 Å². The van der Waals surface area contributed by atoms with Crippen LogP contribution in [0.4, 0.5) is 0 Å². The van der Waals surface area contributed by atoms with E-state index in [1.165, 1.54) is 42.4 Å². The molecule has 86 valence electrons. The van der Waals surface area contributed by atoms with E-state index in [4.69, 9.17) is 0 Å². The van der Waals surface area contributed by atoms with E-state index in [-0.39, 0.29) is 0 Å². The predicted octanol–water partition coefficient (Wildman–Crippen LogP) is 4.63. The van der Waals surface area contributed by atoms with Gasteiger partial charge < -0.3 is 0 Å². The lowest BCUT2D eigenvalue weighted by molar-refractivity contribution is 0.679. The lowest BCUT2D eigenvalue weighted by Crippen LogP contribution is -1.83. The molecule has 0 bridgehead atoms. The van der Waals surface area contributed by atoms with Gasteiger partial charge in [0.05, 0.1) is 0 Å². The molecule has 0 unspecified atom stereocenters. The monoisotopic (exact) mass is 214 g/mol. The second-order valence-electron chi connectivity index (χ2n) is 4.43. The van der Waals surface area contributed by atoms with E-state index >= 15 is 0 Å². The third-order valence-electron chi connectivity index (χ3n) is 2.76. The molecule has 0 heterocycles. The summed E-state index contributed by atoms with van der Waals surface area (Å²) in [5.74, 6) is 6.54. The highest BCUT2D eigenvalue weighted by molar-refractivity contribution is 5.42. The van der Waals surface area contributed by atoms with Crippen LogP contribution in [0, 0.1) is 25.7 Å². The number of rotatable bonds is 4. The molecule has 0 fully saturated rings. The lowest BCUT2D eigenvalue weighted by atomic mass is 10.1. The third kappa shape index (κ3) is 4.53. The quantitative estimate of drug-likeness (QED) is 0.506. The first-order chi connectivity index (χ1) is 7.74. The van der Waals surface area contributed by atoms with Crippen LogP contribution in [0.1, 0.15) is 55.7 Å². The summed E-state index contributed by atoms with van der Waals surface area (Å²) in [5.41, 5.74) is 3.79. The summed E-state index contributed by atoms with van der Waals surface area (Å²) >= 11 is 0. The van der Waals surface area contributed by atoms with Crippen molar-refractivity contribution in [3.05, 3.63) is 34.9 Å². The summed E-state index contributed by atoms with van der Waals surface area (Å²) in [7, 11) is 0. The Labute approximate surface area is 100 Å². The minimum atomic E-state index is 1.04. The third-order valence-corrected chi connectivity index (χ3v) is 2.76. The van der Waals surface area contributed by atoms with Gasteiger partial charge in [-0.1, -0.05) is 55.7 Å². The van der Waals surface area contributed by atoms with Gasteiger partial charge in [-0.25, -0.2) is 0 Å². The first-order valence-electron chi connectivity index (χ1n) is 6.30. The van der Waals surface area contributed by atoms with Crippen LogP contribution in [0.3, 0.4) is 0 Å². The van der Waals surface area contributed by atoms with E-state index in [9.17, 15) is 0 Å². The van der Waals surface area contributed by atoms with Gasteiger partial charge in [-0.05, 0) is 31.9 Å². The van der Waals surface area contributed by atoms with Crippen molar-refractivity contribution in [2.45, 2.75) is 52.9 Å². The summed E-state index contributed by atoms with van der Waals surface area (Å²) in [4.78, 5) is 0. The maximum Gasteiger partial charge on any atom is 0.0274 e. The van der Waals surface area contributed by atoms with Crippen molar-refractivity contribution in [1.29, 1.82) is 0 Å². The maximum absolute atomic E-state index is 3.27. The van der Waals surface area contributed by atoms with Crippen molar-refractivity contribution in [1.82, 2.24) is 0 Å².